The molecule has 2 unspecified atom stereocenters. The molecule has 2 rings (SSSR count). The fraction of sp³-hybridized carbons (Fsp3) is 0.923. The molecule has 0 heterocycles. The Balaban J connectivity index is 1.63. The van der Waals surface area contributed by atoms with Crippen LogP contribution in [0.3, 0.4) is 0 Å². The minimum absolute atomic E-state index is 0.464. The fourth-order valence-electron chi connectivity index (χ4n) is 2.87. The van der Waals surface area contributed by atoms with Crippen molar-refractivity contribution in [3.63, 3.8) is 0 Å². The molecule has 0 amide bonds. The number of ketones is 1. The van der Waals surface area contributed by atoms with E-state index in [1.807, 2.05) is 0 Å². The highest BCUT2D eigenvalue weighted by molar-refractivity contribution is 5.81. The van der Waals surface area contributed by atoms with E-state index in [0.29, 0.717) is 11.7 Å². The van der Waals surface area contributed by atoms with Gasteiger partial charge in [-0.15, -0.1) is 0 Å². The molecule has 0 aromatic rings. The monoisotopic (exact) mass is 194 g/mol. The lowest BCUT2D eigenvalue weighted by Crippen LogP contribution is -2.12. The highest BCUT2D eigenvalue weighted by atomic mass is 16.1. The summed E-state index contributed by atoms with van der Waals surface area (Å²) < 4.78 is 0. The van der Waals surface area contributed by atoms with Crippen molar-refractivity contribution >= 4 is 5.78 Å². The third-order valence-corrected chi connectivity index (χ3v) is 3.90. The van der Waals surface area contributed by atoms with E-state index in [-0.39, 0.29) is 0 Å². The quantitative estimate of drug-likeness (QED) is 0.655. The molecule has 1 heteroatoms. The summed E-state index contributed by atoms with van der Waals surface area (Å²) >= 11 is 0. The van der Waals surface area contributed by atoms with E-state index in [9.17, 15) is 4.79 Å². The topological polar surface area (TPSA) is 17.1 Å². The molecular weight excluding hydrogens is 172 g/mol. The number of Topliss-reactive ketones (excluding diaryl/α,β-unsaturated/α-hetero) is 1. The van der Waals surface area contributed by atoms with Gasteiger partial charge in [-0.3, -0.25) is 4.79 Å². The molecule has 0 bridgehead atoms. The molecule has 2 saturated carbocycles. The number of carbonyl (C=O) groups is 1. The smallest absolute Gasteiger partial charge is 0.135 e. The highest BCUT2D eigenvalue weighted by Gasteiger charge is 2.47. The van der Waals surface area contributed by atoms with Crippen molar-refractivity contribution in [2.24, 2.45) is 23.7 Å². The summed E-state index contributed by atoms with van der Waals surface area (Å²) in [6.45, 7) is 4.46. The molecule has 0 radical (unpaired) electrons. The van der Waals surface area contributed by atoms with Gasteiger partial charge in [-0.05, 0) is 43.4 Å². The van der Waals surface area contributed by atoms with E-state index >= 15 is 0 Å². The molecule has 0 aromatic carbocycles. The van der Waals surface area contributed by atoms with Gasteiger partial charge in [0.25, 0.3) is 0 Å². The second kappa shape index (κ2) is 4.04. The van der Waals surface area contributed by atoms with Crippen molar-refractivity contribution in [2.45, 2.75) is 52.4 Å². The molecule has 0 aliphatic heterocycles. The fourth-order valence-corrected chi connectivity index (χ4v) is 2.87. The highest BCUT2D eigenvalue weighted by Crippen LogP contribution is 2.54. The van der Waals surface area contributed by atoms with Crippen molar-refractivity contribution in [1.29, 1.82) is 0 Å². The van der Waals surface area contributed by atoms with E-state index in [0.717, 1.165) is 30.6 Å². The van der Waals surface area contributed by atoms with Crippen LogP contribution in [0.1, 0.15) is 52.4 Å². The largest absolute Gasteiger partial charge is 0.299 e. The van der Waals surface area contributed by atoms with Crippen LogP contribution in [0.4, 0.5) is 0 Å². The SMILES string of the molecule is CC(C)CCCC(=O)C1CC2CC2C1. The van der Waals surface area contributed by atoms with E-state index in [1.165, 1.54) is 25.7 Å². The predicted molar refractivity (Wildman–Crippen MR) is 58.0 cm³/mol. The van der Waals surface area contributed by atoms with Crippen molar-refractivity contribution in [3.05, 3.63) is 0 Å². The first kappa shape index (κ1) is 10.2. The molecule has 0 spiro atoms. The van der Waals surface area contributed by atoms with E-state index in [4.69, 9.17) is 0 Å². The van der Waals surface area contributed by atoms with Gasteiger partial charge in [-0.25, -0.2) is 0 Å². The molecule has 1 nitrogen and oxygen atoms in total. The number of hydrogen-bond donors (Lipinski definition) is 0. The maximum Gasteiger partial charge on any atom is 0.135 e. The Labute approximate surface area is 87.3 Å². The van der Waals surface area contributed by atoms with Crippen LogP contribution < -0.4 is 0 Å². The second-order valence-electron chi connectivity index (χ2n) is 5.68. The molecule has 2 fully saturated rings. The predicted octanol–water partition coefficient (Wildman–Crippen LogP) is 3.43. The zero-order valence-electron chi connectivity index (χ0n) is 9.46. The zero-order chi connectivity index (χ0) is 10.1. The molecule has 0 aromatic heterocycles. The Kier molecular flexibility index (Phi) is 2.94. The number of rotatable bonds is 5. The summed E-state index contributed by atoms with van der Waals surface area (Å²) in [6, 6.07) is 0. The van der Waals surface area contributed by atoms with Gasteiger partial charge in [0, 0.05) is 12.3 Å². The standard InChI is InChI=1S/C13H22O/c1-9(2)4-3-5-13(14)12-7-10-6-11(10)8-12/h9-12H,3-8H2,1-2H3. The molecule has 2 atom stereocenters. The second-order valence-corrected chi connectivity index (χ2v) is 5.68. The lowest BCUT2D eigenvalue weighted by atomic mass is 9.93. The van der Waals surface area contributed by atoms with Crippen LogP contribution in [0.5, 0.6) is 0 Å². The first-order valence-corrected chi connectivity index (χ1v) is 6.19. The average molecular weight is 194 g/mol. The maximum atomic E-state index is 11.8. The first-order chi connectivity index (χ1) is 6.66. The Bertz CT molecular complexity index is 209. The Morgan fingerprint density at radius 3 is 2.43 bits per heavy atom. The van der Waals surface area contributed by atoms with E-state index in [1.54, 1.807) is 0 Å². The number of hydrogen-bond acceptors (Lipinski definition) is 1. The van der Waals surface area contributed by atoms with Gasteiger partial charge in [0.05, 0.1) is 0 Å². The van der Waals surface area contributed by atoms with Crippen LogP contribution in [0.25, 0.3) is 0 Å². The maximum absolute atomic E-state index is 11.8. The summed E-state index contributed by atoms with van der Waals surface area (Å²) in [4.78, 5) is 11.8. The lowest BCUT2D eigenvalue weighted by Gasteiger charge is -2.10. The molecule has 2 aliphatic carbocycles. The molecule has 0 N–H and O–H groups in total. The molecule has 80 valence electrons. The van der Waals surface area contributed by atoms with Crippen LogP contribution in [-0.2, 0) is 4.79 Å². The van der Waals surface area contributed by atoms with Crippen molar-refractivity contribution in [1.82, 2.24) is 0 Å². The Morgan fingerprint density at radius 2 is 1.86 bits per heavy atom. The lowest BCUT2D eigenvalue weighted by molar-refractivity contribution is -0.123. The number of carbonyl (C=O) groups excluding carboxylic acids is 1. The molecule has 2 aliphatic rings. The number of fused-ring (bicyclic) bond motifs is 1. The van der Waals surface area contributed by atoms with Gasteiger partial charge in [-0.2, -0.15) is 0 Å². The third-order valence-electron chi connectivity index (χ3n) is 3.90. The minimum atomic E-state index is 0.464. The van der Waals surface area contributed by atoms with Crippen LogP contribution in [0.15, 0.2) is 0 Å². The zero-order valence-corrected chi connectivity index (χ0v) is 9.46. The Hall–Kier alpha value is -0.330. The van der Waals surface area contributed by atoms with Gasteiger partial charge in [0.1, 0.15) is 5.78 Å². The minimum Gasteiger partial charge on any atom is -0.299 e. The van der Waals surface area contributed by atoms with Gasteiger partial charge >= 0.3 is 0 Å². The van der Waals surface area contributed by atoms with Crippen molar-refractivity contribution in [3.8, 4) is 0 Å². The van der Waals surface area contributed by atoms with Gasteiger partial charge in [0.2, 0.25) is 0 Å². The summed E-state index contributed by atoms with van der Waals surface area (Å²) in [5.41, 5.74) is 0. The van der Waals surface area contributed by atoms with Crippen LogP contribution >= 0.6 is 0 Å². The van der Waals surface area contributed by atoms with Crippen LogP contribution in [-0.4, -0.2) is 5.78 Å². The van der Waals surface area contributed by atoms with Crippen molar-refractivity contribution in [2.75, 3.05) is 0 Å². The third kappa shape index (κ3) is 2.37. The first-order valence-electron chi connectivity index (χ1n) is 6.19. The van der Waals surface area contributed by atoms with Crippen LogP contribution in [0.2, 0.25) is 0 Å². The molecule has 0 saturated heterocycles. The van der Waals surface area contributed by atoms with Crippen LogP contribution in [0, 0.1) is 23.7 Å². The summed E-state index contributed by atoms with van der Waals surface area (Å²) in [5, 5.41) is 0. The normalized spacial score (nSPS) is 34.6. The van der Waals surface area contributed by atoms with E-state index < -0.39 is 0 Å². The van der Waals surface area contributed by atoms with Gasteiger partial charge in [0.15, 0.2) is 0 Å². The average Bonchev–Trinajstić information content (AvgIpc) is 2.73. The molecular formula is C13H22O. The van der Waals surface area contributed by atoms with Gasteiger partial charge in [-0.1, -0.05) is 20.3 Å². The Morgan fingerprint density at radius 1 is 1.21 bits per heavy atom. The summed E-state index contributed by atoms with van der Waals surface area (Å²) in [6.07, 6.45) is 7.06. The summed E-state index contributed by atoms with van der Waals surface area (Å²) in [5.74, 6) is 3.69. The molecule has 14 heavy (non-hydrogen) atoms. The summed E-state index contributed by atoms with van der Waals surface area (Å²) in [7, 11) is 0. The van der Waals surface area contributed by atoms with Gasteiger partial charge < -0.3 is 0 Å². The van der Waals surface area contributed by atoms with E-state index in [2.05, 4.69) is 13.8 Å². The van der Waals surface area contributed by atoms with Crippen molar-refractivity contribution < 1.29 is 4.79 Å².